The van der Waals surface area contributed by atoms with Crippen LogP contribution < -0.4 is 4.90 Å². The van der Waals surface area contributed by atoms with E-state index >= 15 is 0 Å². The van der Waals surface area contributed by atoms with Crippen molar-refractivity contribution >= 4 is 39.0 Å². The number of nitrogens with zero attached hydrogens (tertiary/aromatic N) is 1. The Kier molecular flexibility index (Phi) is 7.85. The van der Waals surface area contributed by atoms with E-state index in [0.29, 0.717) is 0 Å². The zero-order valence-corrected chi connectivity index (χ0v) is 34.4. The first-order valence-electron chi connectivity index (χ1n) is 21.7. The molecule has 63 heavy (non-hydrogen) atoms. The van der Waals surface area contributed by atoms with Gasteiger partial charge in [0.05, 0.1) is 5.41 Å². The molecule has 0 aliphatic heterocycles. The molecule has 0 atom stereocenters. The lowest BCUT2D eigenvalue weighted by atomic mass is 9.70. The minimum atomic E-state index is -0.503. The van der Waals surface area contributed by atoms with Gasteiger partial charge in [0.2, 0.25) is 0 Å². The molecule has 0 saturated heterocycles. The Balaban J connectivity index is 1.01. The molecule has 0 bridgehead atoms. The fraction of sp³-hybridized carbons (Fsp3) is 0.0164. The van der Waals surface area contributed by atoms with Crippen molar-refractivity contribution in [1.82, 2.24) is 0 Å². The molecule has 2 heteroatoms. The summed E-state index contributed by atoms with van der Waals surface area (Å²) in [6.07, 6.45) is 0. The molecule has 11 aromatic rings. The van der Waals surface area contributed by atoms with Gasteiger partial charge in [-0.2, -0.15) is 0 Å². The molecule has 1 spiro atoms. The van der Waals surface area contributed by atoms with Gasteiger partial charge in [0.15, 0.2) is 0 Å². The van der Waals surface area contributed by atoms with E-state index in [1.807, 2.05) is 12.1 Å². The van der Waals surface area contributed by atoms with Crippen LogP contribution in [-0.4, -0.2) is 0 Å². The number of anilines is 3. The van der Waals surface area contributed by atoms with E-state index in [2.05, 4.69) is 229 Å². The van der Waals surface area contributed by atoms with Crippen molar-refractivity contribution < 1.29 is 4.42 Å². The number of furan rings is 1. The molecular weight excluding hydrogens is 763 g/mol. The number of benzene rings is 10. The Bertz CT molecular complexity index is 3500. The second-order valence-corrected chi connectivity index (χ2v) is 16.8. The van der Waals surface area contributed by atoms with Crippen molar-refractivity contribution in [3.63, 3.8) is 0 Å². The van der Waals surface area contributed by atoms with Gasteiger partial charge in [0.25, 0.3) is 0 Å². The number of fused-ring (bicyclic) bond motifs is 13. The molecule has 10 aromatic carbocycles. The Morgan fingerprint density at radius 1 is 0.286 bits per heavy atom. The van der Waals surface area contributed by atoms with Crippen LogP contribution in [0.25, 0.3) is 77.6 Å². The number of para-hydroxylation sites is 2. The van der Waals surface area contributed by atoms with Crippen LogP contribution in [0.15, 0.2) is 241 Å². The van der Waals surface area contributed by atoms with Crippen molar-refractivity contribution in [2.75, 3.05) is 4.90 Å². The SMILES string of the molecule is c1ccc(-c2ccc(N(c3ccc(-c4cccc5c4oc4ccccc45)cc3)c3ccc4c(c3)C3(c5ccccc5-c5ccccc53)c3cc(-c5ccccc5)ccc3-4)cc2)cc1. The maximum Gasteiger partial charge on any atom is 0.143 e. The minimum absolute atomic E-state index is 0.503. The van der Waals surface area contributed by atoms with Gasteiger partial charge in [-0.05, 0) is 121 Å². The zero-order valence-electron chi connectivity index (χ0n) is 34.4. The quantitative estimate of drug-likeness (QED) is 0.167. The molecule has 0 radical (unpaired) electrons. The lowest BCUT2D eigenvalue weighted by molar-refractivity contribution is 0.670. The molecule has 2 aliphatic carbocycles. The van der Waals surface area contributed by atoms with Crippen molar-refractivity contribution in [3.8, 4) is 55.6 Å². The highest BCUT2D eigenvalue weighted by Gasteiger charge is 2.52. The van der Waals surface area contributed by atoms with E-state index in [9.17, 15) is 0 Å². The van der Waals surface area contributed by atoms with E-state index in [-0.39, 0.29) is 0 Å². The van der Waals surface area contributed by atoms with E-state index in [4.69, 9.17) is 4.42 Å². The summed E-state index contributed by atoms with van der Waals surface area (Å²) in [5.41, 5.74) is 22.0. The number of hydrogen-bond acceptors (Lipinski definition) is 2. The van der Waals surface area contributed by atoms with E-state index in [1.54, 1.807) is 0 Å². The molecule has 1 aromatic heterocycles. The van der Waals surface area contributed by atoms with Crippen molar-refractivity contribution in [2.45, 2.75) is 5.41 Å². The van der Waals surface area contributed by atoms with Gasteiger partial charge in [-0.3, -0.25) is 0 Å². The largest absolute Gasteiger partial charge is 0.455 e. The highest BCUT2D eigenvalue weighted by Crippen LogP contribution is 2.63. The lowest BCUT2D eigenvalue weighted by Crippen LogP contribution is -2.26. The smallest absolute Gasteiger partial charge is 0.143 e. The van der Waals surface area contributed by atoms with Gasteiger partial charge in [-0.25, -0.2) is 0 Å². The Morgan fingerprint density at radius 3 is 1.43 bits per heavy atom. The van der Waals surface area contributed by atoms with Gasteiger partial charge in [-0.15, -0.1) is 0 Å². The predicted molar refractivity (Wildman–Crippen MR) is 261 cm³/mol. The summed E-state index contributed by atoms with van der Waals surface area (Å²) in [5.74, 6) is 0. The first kappa shape index (κ1) is 35.5. The van der Waals surface area contributed by atoms with E-state index in [1.165, 1.54) is 66.8 Å². The van der Waals surface area contributed by atoms with Crippen LogP contribution in [0.3, 0.4) is 0 Å². The summed E-state index contributed by atoms with van der Waals surface area (Å²) in [5, 5.41) is 2.27. The van der Waals surface area contributed by atoms with E-state index < -0.39 is 5.41 Å². The molecule has 13 rings (SSSR count). The van der Waals surface area contributed by atoms with Gasteiger partial charge in [0.1, 0.15) is 11.2 Å². The molecule has 294 valence electrons. The van der Waals surface area contributed by atoms with Crippen LogP contribution in [0.1, 0.15) is 22.3 Å². The molecule has 2 aliphatic rings. The first-order valence-corrected chi connectivity index (χ1v) is 21.7. The van der Waals surface area contributed by atoms with Crippen LogP contribution in [0.4, 0.5) is 17.1 Å². The predicted octanol–water partition coefficient (Wildman–Crippen LogP) is 16.4. The fourth-order valence-corrected chi connectivity index (χ4v) is 10.7. The summed E-state index contributed by atoms with van der Waals surface area (Å²) < 4.78 is 6.49. The normalized spacial score (nSPS) is 12.9. The summed E-state index contributed by atoms with van der Waals surface area (Å²) in [4.78, 5) is 2.42. The Labute approximate surface area is 366 Å². The van der Waals surface area contributed by atoms with Crippen LogP contribution in [0.2, 0.25) is 0 Å². The maximum absolute atomic E-state index is 6.49. The molecule has 0 fully saturated rings. The van der Waals surface area contributed by atoms with Crippen molar-refractivity contribution in [1.29, 1.82) is 0 Å². The fourth-order valence-electron chi connectivity index (χ4n) is 10.7. The second kappa shape index (κ2) is 13.9. The Morgan fingerprint density at radius 2 is 0.746 bits per heavy atom. The molecular formula is C61H39NO. The topological polar surface area (TPSA) is 16.4 Å². The lowest BCUT2D eigenvalue weighted by Gasteiger charge is -2.32. The third-order valence-electron chi connectivity index (χ3n) is 13.5. The third kappa shape index (κ3) is 5.32. The molecule has 0 N–H and O–H groups in total. The summed E-state index contributed by atoms with van der Waals surface area (Å²) in [6.45, 7) is 0. The maximum atomic E-state index is 6.49. The third-order valence-corrected chi connectivity index (χ3v) is 13.5. The molecule has 1 heterocycles. The summed E-state index contributed by atoms with van der Waals surface area (Å²) >= 11 is 0. The highest BCUT2D eigenvalue weighted by atomic mass is 16.3. The molecule has 0 amide bonds. The minimum Gasteiger partial charge on any atom is -0.455 e. The average Bonchev–Trinajstić information content (AvgIpc) is 3.99. The standard InChI is InChI=1S/C61H39NO/c1-3-14-40(15-4-1)42-26-31-45(32-27-42)62(46-33-28-43(29-34-46)48-21-13-22-54-53-20-9-12-25-59(53)63-60(48)54)47-35-37-52-51-36-30-44(41-16-5-2-6-17-41)38-57(51)61(58(52)39-47)55-23-10-7-18-49(55)50-19-8-11-24-56(50)61/h1-39H. The Hall–Kier alpha value is -8.20. The second-order valence-electron chi connectivity index (χ2n) is 16.8. The number of hydrogen-bond donors (Lipinski definition) is 0. The van der Waals surface area contributed by atoms with Gasteiger partial charge >= 0.3 is 0 Å². The van der Waals surface area contributed by atoms with Gasteiger partial charge in [0, 0.05) is 33.4 Å². The van der Waals surface area contributed by atoms with Gasteiger partial charge in [-0.1, -0.05) is 188 Å². The zero-order chi connectivity index (χ0) is 41.5. The first-order chi connectivity index (χ1) is 31.2. The van der Waals surface area contributed by atoms with E-state index in [0.717, 1.165) is 50.1 Å². The van der Waals surface area contributed by atoms with Crippen molar-refractivity contribution in [2.24, 2.45) is 0 Å². The van der Waals surface area contributed by atoms with Crippen LogP contribution in [-0.2, 0) is 5.41 Å². The average molecular weight is 802 g/mol. The van der Waals surface area contributed by atoms with Gasteiger partial charge < -0.3 is 9.32 Å². The molecule has 0 unspecified atom stereocenters. The summed E-state index contributed by atoms with van der Waals surface area (Å²) in [7, 11) is 0. The number of rotatable bonds is 6. The van der Waals surface area contributed by atoms with Crippen LogP contribution in [0, 0.1) is 0 Å². The van der Waals surface area contributed by atoms with Crippen LogP contribution >= 0.6 is 0 Å². The van der Waals surface area contributed by atoms with Crippen molar-refractivity contribution in [3.05, 3.63) is 259 Å². The summed E-state index contributed by atoms with van der Waals surface area (Å²) in [6, 6.07) is 86.5. The monoisotopic (exact) mass is 801 g/mol. The molecule has 2 nitrogen and oxygen atoms in total. The molecule has 0 saturated carbocycles. The highest BCUT2D eigenvalue weighted by molar-refractivity contribution is 6.09. The van der Waals surface area contributed by atoms with Crippen LogP contribution in [0.5, 0.6) is 0 Å².